The molecule has 0 aliphatic heterocycles. The summed E-state index contributed by atoms with van der Waals surface area (Å²) in [6.45, 7) is -4.74. The zero-order valence-corrected chi connectivity index (χ0v) is 10.5. The highest BCUT2D eigenvalue weighted by molar-refractivity contribution is 4.67. The molecule has 140 valence electrons. The summed E-state index contributed by atoms with van der Waals surface area (Å²) in [5.41, 5.74) is 0. The third kappa shape index (κ3) is 7.96. The topological polar surface area (TPSA) is 68.2 Å². The first-order valence-electron chi connectivity index (χ1n) is 5.16. The lowest BCUT2D eigenvalue weighted by Crippen LogP contribution is -2.49. The highest BCUT2D eigenvalue weighted by atomic mass is 19.4. The van der Waals surface area contributed by atoms with E-state index in [0.717, 1.165) is 0 Å². The number of hydrogen-bond donors (Lipinski definition) is 2. The van der Waals surface area contributed by atoms with E-state index in [2.05, 4.69) is 14.2 Å². The van der Waals surface area contributed by atoms with Gasteiger partial charge in [-0.25, -0.2) is 0 Å². The molecule has 0 spiro atoms. The molecule has 0 aromatic carbocycles. The van der Waals surface area contributed by atoms with Gasteiger partial charge < -0.3 is 14.9 Å². The first kappa shape index (κ1) is 22.1. The van der Waals surface area contributed by atoms with Crippen LogP contribution in [-0.2, 0) is 14.2 Å². The van der Waals surface area contributed by atoms with Crippen LogP contribution in [0.1, 0.15) is 0 Å². The summed E-state index contributed by atoms with van der Waals surface area (Å²) in [5, 5.41) is 16.0. The second kappa shape index (κ2) is 7.33. The Morgan fingerprint density at radius 1 is 0.609 bits per heavy atom. The fourth-order valence-electron chi connectivity index (χ4n) is 0.843. The molecule has 0 rings (SSSR count). The van der Waals surface area contributed by atoms with Crippen LogP contribution < -0.4 is 0 Å². The second-order valence-corrected chi connectivity index (χ2v) is 3.71. The maximum Gasteiger partial charge on any atom is 0.440 e. The Labute approximate surface area is 120 Å². The molecule has 2 atom stereocenters. The van der Waals surface area contributed by atoms with Crippen LogP contribution in [0.3, 0.4) is 0 Å². The van der Waals surface area contributed by atoms with E-state index in [-0.39, 0.29) is 0 Å². The van der Waals surface area contributed by atoms with Crippen LogP contribution in [-0.4, -0.2) is 60.6 Å². The second-order valence-electron chi connectivity index (χ2n) is 3.71. The molecule has 23 heavy (non-hydrogen) atoms. The van der Waals surface area contributed by atoms with Crippen molar-refractivity contribution in [2.24, 2.45) is 0 Å². The molecular weight excluding hydrogens is 366 g/mol. The van der Waals surface area contributed by atoms with Gasteiger partial charge in [0, 0.05) is 0 Å². The predicted octanol–water partition coefficient (Wildman–Crippen LogP) is 1.98. The van der Waals surface area contributed by atoms with Crippen LogP contribution in [0.15, 0.2) is 0 Å². The van der Waals surface area contributed by atoms with Crippen molar-refractivity contribution in [1.29, 1.82) is 0 Å². The van der Waals surface area contributed by atoms with Crippen molar-refractivity contribution < 1.29 is 68.3 Å². The van der Waals surface area contributed by atoms with Gasteiger partial charge in [-0.1, -0.05) is 0 Å². The summed E-state index contributed by atoms with van der Waals surface area (Å²) in [7, 11) is 0. The Hall–Kier alpha value is -0.900. The fraction of sp³-hybridized carbons (Fsp3) is 1.00. The van der Waals surface area contributed by atoms with Crippen molar-refractivity contribution in [2.75, 3.05) is 13.2 Å². The van der Waals surface area contributed by atoms with Crippen molar-refractivity contribution in [1.82, 2.24) is 0 Å². The van der Waals surface area contributed by atoms with E-state index in [0.29, 0.717) is 0 Å². The molecule has 0 aliphatic carbocycles. The van der Waals surface area contributed by atoms with E-state index >= 15 is 0 Å². The molecule has 0 saturated heterocycles. The predicted molar refractivity (Wildman–Crippen MR) is 47.0 cm³/mol. The van der Waals surface area contributed by atoms with Gasteiger partial charge in [-0.15, -0.1) is 0 Å². The van der Waals surface area contributed by atoms with Crippen molar-refractivity contribution in [3.05, 3.63) is 0 Å². The average Bonchev–Trinajstić information content (AvgIpc) is 2.34. The number of rotatable bonds is 8. The maximum absolute atomic E-state index is 12.5. The Bertz CT molecular complexity index is 333. The van der Waals surface area contributed by atoms with Crippen molar-refractivity contribution in [3.8, 4) is 0 Å². The zero-order valence-electron chi connectivity index (χ0n) is 10.5. The number of aliphatic hydroxyl groups excluding tert-OH is 2. The molecule has 0 bridgehead atoms. The molecule has 0 aromatic heterocycles. The maximum atomic E-state index is 12.5. The molecule has 15 heteroatoms. The standard InChI is InChI=1S/C8H8F10O5/c9-5(10,1-19)22-3(7(13,14)15)21-4(8(16,17)18)23-6(11,12)2-20/h3-4,19-20H,1-2H2. The Morgan fingerprint density at radius 3 is 1.04 bits per heavy atom. The minimum Gasteiger partial charge on any atom is -0.387 e. The zero-order chi connectivity index (χ0) is 18.7. The van der Waals surface area contributed by atoms with E-state index < -0.39 is 50.4 Å². The molecule has 2 unspecified atom stereocenters. The summed E-state index contributed by atoms with van der Waals surface area (Å²) in [4.78, 5) is 0. The molecule has 0 aliphatic rings. The minimum atomic E-state index is -6.03. The molecule has 5 nitrogen and oxygen atoms in total. The van der Waals surface area contributed by atoms with Gasteiger partial charge in [0.1, 0.15) is 13.2 Å². The first-order chi connectivity index (χ1) is 10.0. The first-order valence-corrected chi connectivity index (χ1v) is 5.16. The third-order valence-corrected chi connectivity index (χ3v) is 1.71. The van der Waals surface area contributed by atoms with Gasteiger partial charge in [0.05, 0.1) is 0 Å². The number of alkyl halides is 10. The molecule has 0 amide bonds. The minimum absolute atomic E-state index is 2.37. The monoisotopic (exact) mass is 374 g/mol. The molecular formula is C8H8F10O5. The van der Waals surface area contributed by atoms with Crippen LogP contribution in [0.4, 0.5) is 43.9 Å². The van der Waals surface area contributed by atoms with Gasteiger partial charge in [0.15, 0.2) is 0 Å². The SMILES string of the molecule is OCC(F)(F)OC(OC(OC(F)(F)CO)C(F)(F)F)C(F)(F)F. The Balaban J connectivity index is 5.37. The van der Waals surface area contributed by atoms with E-state index in [1.165, 1.54) is 0 Å². The van der Waals surface area contributed by atoms with E-state index in [1.807, 2.05) is 0 Å². The van der Waals surface area contributed by atoms with E-state index in [9.17, 15) is 43.9 Å². The van der Waals surface area contributed by atoms with Crippen LogP contribution in [0.5, 0.6) is 0 Å². The van der Waals surface area contributed by atoms with Crippen LogP contribution in [0, 0.1) is 0 Å². The smallest absolute Gasteiger partial charge is 0.387 e. The van der Waals surface area contributed by atoms with Crippen molar-refractivity contribution in [3.63, 3.8) is 0 Å². The largest absolute Gasteiger partial charge is 0.440 e. The highest BCUT2D eigenvalue weighted by Crippen LogP contribution is 2.35. The molecule has 0 heterocycles. The van der Waals surface area contributed by atoms with E-state index in [4.69, 9.17) is 10.2 Å². The van der Waals surface area contributed by atoms with Gasteiger partial charge >= 0.3 is 24.6 Å². The van der Waals surface area contributed by atoms with Crippen LogP contribution >= 0.6 is 0 Å². The van der Waals surface area contributed by atoms with Crippen molar-refractivity contribution in [2.45, 2.75) is 37.1 Å². The summed E-state index contributed by atoms with van der Waals surface area (Å²) in [6.07, 6.45) is -30.8. The molecule has 0 fully saturated rings. The van der Waals surface area contributed by atoms with Crippen LogP contribution in [0.2, 0.25) is 0 Å². The van der Waals surface area contributed by atoms with Gasteiger partial charge in [-0.05, 0) is 0 Å². The lowest BCUT2D eigenvalue weighted by Gasteiger charge is -2.30. The van der Waals surface area contributed by atoms with Gasteiger partial charge in [-0.3, -0.25) is 9.47 Å². The van der Waals surface area contributed by atoms with Gasteiger partial charge in [-0.2, -0.15) is 43.9 Å². The number of halogens is 10. The summed E-state index contributed by atoms with van der Waals surface area (Å²) in [6, 6.07) is 0. The Morgan fingerprint density at radius 2 is 0.870 bits per heavy atom. The fourth-order valence-corrected chi connectivity index (χ4v) is 0.843. The van der Waals surface area contributed by atoms with Gasteiger partial charge in [0.25, 0.3) is 12.6 Å². The Kier molecular flexibility index (Phi) is 7.04. The van der Waals surface area contributed by atoms with Crippen LogP contribution in [0.25, 0.3) is 0 Å². The number of ether oxygens (including phenoxy) is 3. The summed E-state index contributed by atoms with van der Waals surface area (Å²) >= 11 is 0. The molecule has 0 aromatic rings. The molecule has 2 N–H and O–H groups in total. The number of aliphatic hydroxyl groups is 2. The van der Waals surface area contributed by atoms with E-state index in [1.54, 1.807) is 0 Å². The lowest BCUT2D eigenvalue weighted by atomic mass is 10.5. The van der Waals surface area contributed by atoms with Gasteiger partial charge in [0.2, 0.25) is 0 Å². The summed E-state index contributed by atoms with van der Waals surface area (Å²) in [5.74, 6) is 0. The lowest BCUT2D eigenvalue weighted by molar-refractivity contribution is -0.463. The average molecular weight is 374 g/mol. The molecule has 0 radical (unpaired) electrons. The summed E-state index contributed by atoms with van der Waals surface area (Å²) < 4.78 is 133. The quantitative estimate of drug-likeness (QED) is 0.503. The normalized spacial score (nSPS) is 17.2. The highest BCUT2D eigenvalue weighted by Gasteiger charge is 2.56. The third-order valence-electron chi connectivity index (χ3n) is 1.71. The van der Waals surface area contributed by atoms with Crippen molar-refractivity contribution >= 4 is 0 Å². The number of hydrogen-bond acceptors (Lipinski definition) is 5. The molecule has 0 saturated carbocycles.